The zero-order valence-electron chi connectivity index (χ0n) is 16.7. The van der Waals surface area contributed by atoms with E-state index in [1.165, 1.54) is 23.5 Å². The number of fused-ring (bicyclic) bond motifs is 1. The number of carbonyl (C=O) groups is 3. The van der Waals surface area contributed by atoms with Gasteiger partial charge in [0.25, 0.3) is 0 Å². The summed E-state index contributed by atoms with van der Waals surface area (Å²) in [6.07, 6.45) is -3.12. The normalized spacial score (nSPS) is 13.9. The van der Waals surface area contributed by atoms with Crippen molar-refractivity contribution >= 4 is 34.1 Å². The van der Waals surface area contributed by atoms with Crippen molar-refractivity contribution in [3.63, 3.8) is 0 Å². The van der Waals surface area contributed by atoms with Gasteiger partial charge in [0.2, 0.25) is 5.91 Å². The lowest BCUT2D eigenvalue weighted by Gasteiger charge is -2.20. The largest absolute Gasteiger partial charge is 0.471 e. The van der Waals surface area contributed by atoms with Crippen molar-refractivity contribution in [2.45, 2.75) is 44.8 Å². The number of alkyl halides is 3. The number of carbonyl (C=O) groups excluding carboxylic acids is 3. The Labute approximate surface area is 180 Å². The number of anilines is 1. The number of amides is 2. The van der Waals surface area contributed by atoms with Crippen LogP contribution in [-0.4, -0.2) is 30.6 Å². The minimum Gasteiger partial charge on any atom is -0.462 e. The Bertz CT molecular complexity index is 973. The molecule has 6 nitrogen and oxygen atoms in total. The number of hydrogen-bond acceptors (Lipinski definition) is 5. The maximum absolute atomic E-state index is 12.8. The van der Waals surface area contributed by atoms with Gasteiger partial charge in [0, 0.05) is 4.88 Å². The summed E-state index contributed by atoms with van der Waals surface area (Å²) in [5.41, 5.74) is 1.52. The van der Waals surface area contributed by atoms with Gasteiger partial charge in [-0.05, 0) is 37.3 Å². The van der Waals surface area contributed by atoms with E-state index < -0.39 is 36.4 Å². The maximum Gasteiger partial charge on any atom is 0.471 e. The monoisotopic (exact) mass is 454 g/mol. The van der Waals surface area contributed by atoms with Crippen molar-refractivity contribution < 1.29 is 32.3 Å². The molecule has 1 aliphatic carbocycles. The second-order valence-electron chi connectivity index (χ2n) is 6.97. The molecule has 0 unspecified atom stereocenters. The topological polar surface area (TPSA) is 84.5 Å². The molecule has 2 N–H and O–H groups in total. The third-order valence-electron chi connectivity index (χ3n) is 4.81. The Kier molecular flexibility index (Phi) is 6.99. The van der Waals surface area contributed by atoms with Gasteiger partial charge in [0.15, 0.2) is 0 Å². The fourth-order valence-corrected chi connectivity index (χ4v) is 4.75. The van der Waals surface area contributed by atoms with Crippen LogP contribution in [0, 0.1) is 0 Å². The summed E-state index contributed by atoms with van der Waals surface area (Å²) in [6, 6.07) is 6.74. The molecule has 0 saturated carbocycles. The van der Waals surface area contributed by atoms with Crippen LogP contribution in [0.3, 0.4) is 0 Å². The van der Waals surface area contributed by atoms with Gasteiger partial charge in [-0.3, -0.25) is 9.59 Å². The molecule has 1 aromatic heterocycles. The molecule has 1 heterocycles. The molecule has 0 fully saturated rings. The lowest BCUT2D eigenvalue weighted by molar-refractivity contribution is -0.174. The summed E-state index contributed by atoms with van der Waals surface area (Å²) in [7, 11) is 0. The molecule has 0 aliphatic heterocycles. The average molecular weight is 454 g/mol. The lowest BCUT2D eigenvalue weighted by atomic mass is 10.0. The van der Waals surface area contributed by atoms with Crippen LogP contribution in [0.1, 0.15) is 52.2 Å². The molecule has 166 valence electrons. The Morgan fingerprint density at radius 3 is 2.52 bits per heavy atom. The van der Waals surface area contributed by atoms with Crippen molar-refractivity contribution in [3.8, 4) is 0 Å². The molecule has 10 heteroatoms. The van der Waals surface area contributed by atoms with E-state index in [4.69, 9.17) is 4.74 Å². The van der Waals surface area contributed by atoms with Crippen molar-refractivity contribution in [1.82, 2.24) is 5.32 Å². The Balaban J connectivity index is 1.80. The molecule has 0 saturated heterocycles. The highest BCUT2D eigenvalue weighted by Crippen LogP contribution is 2.39. The summed E-state index contributed by atoms with van der Waals surface area (Å²) in [5, 5.41) is 4.83. The highest BCUT2D eigenvalue weighted by Gasteiger charge is 2.40. The van der Waals surface area contributed by atoms with Crippen molar-refractivity contribution in [1.29, 1.82) is 0 Å². The smallest absolute Gasteiger partial charge is 0.462 e. The van der Waals surface area contributed by atoms with E-state index >= 15 is 0 Å². The van der Waals surface area contributed by atoms with E-state index in [0.29, 0.717) is 22.5 Å². The van der Waals surface area contributed by atoms with Crippen LogP contribution in [0.5, 0.6) is 0 Å². The van der Waals surface area contributed by atoms with E-state index in [1.54, 1.807) is 25.1 Å². The number of thiophene rings is 1. The lowest BCUT2D eigenvalue weighted by Crippen LogP contribution is -2.40. The molecule has 1 aliphatic rings. The second kappa shape index (κ2) is 9.51. The maximum atomic E-state index is 12.8. The number of ether oxygens (including phenoxy) is 1. The van der Waals surface area contributed by atoms with E-state index in [0.717, 1.165) is 23.3 Å². The summed E-state index contributed by atoms with van der Waals surface area (Å²) in [5.74, 6) is -3.29. The number of nitrogens with one attached hydrogen (secondary N) is 2. The summed E-state index contributed by atoms with van der Waals surface area (Å²) in [4.78, 5) is 37.6. The second-order valence-corrected chi connectivity index (χ2v) is 8.07. The first kappa shape index (κ1) is 22.8. The van der Waals surface area contributed by atoms with Crippen LogP contribution >= 0.6 is 11.3 Å². The molecule has 2 aromatic rings. The number of aryl methyl sites for hydroxylation is 1. The van der Waals surface area contributed by atoms with Crippen molar-refractivity contribution in [3.05, 3.63) is 51.9 Å². The summed E-state index contributed by atoms with van der Waals surface area (Å²) >= 11 is 1.27. The van der Waals surface area contributed by atoms with E-state index in [1.807, 2.05) is 5.32 Å². The number of halogens is 3. The van der Waals surface area contributed by atoms with Gasteiger partial charge in [-0.1, -0.05) is 30.3 Å². The van der Waals surface area contributed by atoms with Gasteiger partial charge in [-0.15, -0.1) is 11.3 Å². The van der Waals surface area contributed by atoms with Crippen molar-refractivity contribution in [2.24, 2.45) is 0 Å². The van der Waals surface area contributed by atoms with Crippen LogP contribution in [0.25, 0.3) is 0 Å². The fraction of sp³-hybridized carbons (Fsp3) is 0.381. The number of benzene rings is 1. The predicted molar refractivity (Wildman–Crippen MR) is 109 cm³/mol. The first-order chi connectivity index (χ1) is 14.7. The average Bonchev–Trinajstić information content (AvgIpc) is 3.28. The zero-order chi connectivity index (χ0) is 22.6. The van der Waals surface area contributed by atoms with Crippen molar-refractivity contribution in [2.75, 3.05) is 11.9 Å². The summed E-state index contributed by atoms with van der Waals surface area (Å²) < 4.78 is 43.4. The fourth-order valence-electron chi connectivity index (χ4n) is 3.45. The first-order valence-electron chi connectivity index (χ1n) is 9.74. The van der Waals surface area contributed by atoms with E-state index in [9.17, 15) is 27.6 Å². The highest BCUT2D eigenvalue weighted by atomic mass is 32.1. The third-order valence-corrected chi connectivity index (χ3v) is 6.02. The van der Waals surface area contributed by atoms with Gasteiger partial charge in [-0.2, -0.15) is 13.2 Å². The van der Waals surface area contributed by atoms with Crippen LogP contribution in [-0.2, 0) is 27.2 Å². The quantitative estimate of drug-likeness (QED) is 0.616. The third kappa shape index (κ3) is 5.43. The van der Waals surface area contributed by atoms with Crippen LogP contribution in [0.15, 0.2) is 30.3 Å². The summed E-state index contributed by atoms with van der Waals surface area (Å²) in [6.45, 7) is 1.85. The van der Waals surface area contributed by atoms with Crippen LogP contribution in [0.4, 0.5) is 18.2 Å². The molecule has 0 bridgehead atoms. The minimum atomic E-state index is -5.07. The molecular weight excluding hydrogens is 433 g/mol. The molecule has 0 radical (unpaired) electrons. The Morgan fingerprint density at radius 2 is 1.87 bits per heavy atom. The molecule has 1 aromatic carbocycles. The van der Waals surface area contributed by atoms with E-state index in [-0.39, 0.29) is 6.61 Å². The number of hydrogen-bond donors (Lipinski definition) is 2. The van der Waals surface area contributed by atoms with Gasteiger partial charge >= 0.3 is 18.1 Å². The number of esters is 1. The molecule has 3 rings (SSSR count). The van der Waals surface area contributed by atoms with E-state index in [2.05, 4.69) is 5.32 Å². The van der Waals surface area contributed by atoms with Crippen LogP contribution in [0.2, 0.25) is 0 Å². The SMILES string of the molecule is CCOC(=O)c1c(NC(=O)C[C@H](NC(=O)C(F)(F)F)c2ccccc2)sc2c1CCC2. The zero-order valence-corrected chi connectivity index (χ0v) is 17.5. The molecule has 2 amide bonds. The van der Waals surface area contributed by atoms with Crippen LogP contribution < -0.4 is 10.6 Å². The van der Waals surface area contributed by atoms with Gasteiger partial charge < -0.3 is 15.4 Å². The molecule has 31 heavy (non-hydrogen) atoms. The first-order valence-corrected chi connectivity index (χ1v) is 10.6. The predicted octanol–water partition coefficient (Wildman–Crippen LogP) is 4.16. The molecule has 1 atom stereocenters. The molecular formula is C21H21F3N2O4S. The Morgan fingerprint density at radius 1 is 1.16 bits per heavy atom. The highest BCUT2D eigenvalue weighted by molar-refractivity contribution is 7.17. The Hall–Kier alpha value is -2.88. The van der Waals surface area contributed by atoms with Gasteiger partial charge in [0.1, 0.15) is 5.00 Å². The number of rotatable bonds is 7. The molecule has 0 spiro atoms. The van der Waals surface area contributed by atoms with Gasteiger partial charge in [0.05, 0.1) is 24.6 Å². The van der Waals surface area contributed by atoms with Gasteiger partial charge in [-0.25, -0.2) is 4.79 Å². The minimum absolute atomic E-state index is 0.177. The standard InChI is InChI=1S/C21H21F3N2O4S/c1-2-30-19(28)17-13-9-6-10-15(13)31-18(17)26-16(27)11-14(12-7-4-3-5-8-12)25-20(29)21(22,23)24/h3-5,7-8,14H,2,6,9-11H2,1H3,(H,25,29)(H,26,27)/t14-/m0/s1.